The molecule has 3 rings (SSSR count). The first kappa shape index (κ1) is 16.3. The highest BCUT2D eigenvalue weighted by atomic mass is 79.9. The van der Waals surface area contributed by atoms with Crippen molar-refractivity contribution >= 4 is 26.0 Å². The largest absolute Gasteiger partial charge is 0.459 e. The van der Waals surface area contributed by atoms with Gasteiger partial charge in [-0.1, -0.05) is 0 Å². The van der Waals surface area contributed by atoms with Crippen molar-refractivity contribution in [3.8, 4) is 6.01 Å². The highest BCUT2D eigenvalue weighted by Gasteiger charge is 2.32. The molecule has 3 heterocycles. The summed E-state index contributed by atoms with van der Waals surface area (Å²) in [6.07, 6.45) is 7.35. The van der Waals surface area contributed by atoms with Gasteiger partial charge >= 0.3 is 6.01 Å². The molecule has 1 saturated heterocycles. The lowest BCUT2D eigenvalue weighted by molar-refractivity contribution is 0.119. The van der Waals surface area contributed by atoms with Crippen LogP contribution in [-0.2, 0) is 17.1 Å². The van der Waals surface area contributed by atoms with Gasteiger partial charge in [-0.3, -0.25) is 0 Å². The summed E-state index contributed by atoms with van der Waals surface area (Å²) in [5.41, 5.74) is 0. The molecule has 0 radical (unpaired) electrons. The molecular weight excluding hydrogens is 386 g/mol. The van der Waals surface area contributed by atoms with Crippen LogP contribution in [0, 0.1) is 0 Å². The normalized spacial score (nSPS) is 19.7. The van der Waals surface area contributed by atoms with Crippen LogP contribution in [0.2, 0.25) is 0 Å². The number of sulfonamides is 1. The summed E-state index contributed by atoms with van der Waals surface area (Å²) in [5.74, 6) is 0. The van der Waals surface area contributed by atoms with E-state index in [1.54, 1.807) is 24.0 Å². The second kappa shape index (κ2) is 6.54. The highest BCUT2D eigenvalue weighted by Crippen LogP contribution is 2.21. The lowest BCUT2D eigenvalue weighted by Crippen LogP contribution is -2.44. The fourth-order valence-corrected chi connectivity index (χ4v) is 4.07. The van der Waals surface area contributed by atoms with Crippen LogP contribution in [0.1, 0.15) is 12.8 Å². The van der Waals surface area contributed by atoms with Crippen LogP contribution in [0.5, 0.6) is 6.01 Å². The zero-order valence-electron chi connectivity index (χ0n) is 12.5. The fraction of sp³-hybridized carbons (Fsp3) is 0.462. The van der Waals surface area contributed by atoms with Gasteiger partial charge in [0.25, 0.3) is 10.0 Å². The number of halogens is 1. The van der Waals surface area contributed by atoms with Crippen molar-refractivity contribution in [2.24, 2.45) is 7.05 Å². The summed E-state index contributed by atoms with van der Waals surface area (Å²) in [6.45, 7) is 0.721. The first-order valence-electron chi connectivity index (χ1n) is 7.07. The molecule has 1 aliphatic heterocycles. The Labute approximate surface area is 142 Å². The maximum absolute atomic E-state index is 12.6. The average molecular weight is 402 g/mol. The van der Waals surface area contributed by atoms with Gasteiger partial charge in [-0.15, -0.1) is 0 Å². The molecule has 1 atom stereocenters. The standard InChI is InChI=1S/C13H16BrN5O3S/c1-18-8-12(17-9-18)23(20,21)19-4-2-3-11(7-19)22-13-15-5-10(14)6-16-13/h5-6,8-9,11H,2-4,7H2,1H3/t11-/m0/s1. The van der Waals surface area contributed by atoms with Crippen LogP contribution in [0.4, 0.5) is 0 Å². The number of piperidine rings is 1. The number of hydrogen-bond acceptors (Lipinski definition) is 6. The Kier molecular flexibility index (Phi) is 4.64. The van der Waals surface area contributed by atoms with Crippen molar-refractivity contribution in [1.29, 1.82) is 0 Å². The average Bonchev–Trinajstić information content (AvgIpc) is 2.97. The van der Waals surface area contributed by atoms with E-state index in [0.717, 1.165) is 10.9 Å². The smallest absolute Gasteiger partial charge is 0.316 e. The minimum atomic E-state index is -3.60. The third-order valence-corrected chi connectivity index (χ3v) is 5.66. The minimum absolute atomic E-state index is 0.0561. The first-order valence-corrected chi connectivity index (χ1v) is 9.31. The number of aromatic nitrogens is 4. The molecule has 1 fully saturated rings. The van der Waals surface area contributed by atoms with Gasteiger partial charge in [0.15, 0.2) is 5.03 Å². The van der Waals surface area contributed by atoms with Gasteiger partial charge < -0.3 is 9.30 Å². The number of rotatable bonds is 4. The van der Waals surface area contributed by atoms with Crippen LogP contribution in [0.3, 0.4) is 0 Å². The molecule has 0 aliphatic carbocycles. The van der Waals surface area contributed by atoms with Crippen molar-refractivity contribution in [2.75, 3.05) is 13.1 Å². The van der Waals surface area contributed by atoms with Crippen LogP contribution < -0.4 is 4.74 Å². The van der Waals surface area contributed by atoms with Gasteiger partial charge in [0.2, 0.25) is 0 Å². The highest BCUT2D eigenvalue weighted by molar-refractivity contribution is 9.10. The van der Waals surface area contributed by atoms with E-state index in [9.17, 15) is 8.42 Å². The van der Waals surface area contributed by atoms with Gasteiger partial charge in [-0.2, -0.15) is 4.31 Å². The van der Waals surface area contributed by atoms with Gasteiger partial charge in [-0.25, -0.2) is 23.4 Å². The van der Waals surface area contributed by atoms with E-state index in [2.05, 4.69) is 30.9 Å². The molecule has 1 aliphatic rings. The van der Waals surface area contributed by atoms with E-state index in [0.29, 0.717) is 13.0 Å². The first-order chi connectivity index (χ1) is 10.9. The summed E-state index contributed by atoms with van der Waals surface area (Å²) in [5, 5.41) is 0.0561. The SMILES string of the molecule is Cn1cnc(S(=O)(=O)N2CCC[C@H](Oc3ncc(Br)cn3)C2)c1. The fourth-order valence-electron chi connectivity index (χ4n) is 2.38. The van der Waals surface area contributed by atoms with E-state index < -0.39 is 10.0 Å². The monoisotopic (exact) mass is 401 g/mol. The van der Waals surface area contributed by atoms with E-state index >= 15 is 0 Å². The molecule has 0 bridgehead atoms. The van der Waals surface area contributed by atoms with Crippen molar-refractivity contribution < 1.29 is 13.2 Å². The van der Waals surface area contributed by atoms with E-state index in [1.165, 1.54) is 16.8 Å². The molecule has 0 saturated carbocycles. The molecule has 124 valence electrons. The number of imidazole rings is 1. The van der Waals surface area contributed by atoms with Crippen molar-refractivity contribution in [1.82, 2.24) is 23.8 Å². The van der Waals surface area contributed by atoms with Gasteiger partial charge in [0, 0.05) is 32.2 Å². The predicted molar refractivity (Wildman–Crippen MR) is 85.3 cm³/mol. The topological polar surface area (TPSA) is 90.2 Å². The molecule has 8 nitrogen and oxygen atoms in total. The molecule has 0 aromatic carbocycles. The molecule has 0 spiro atoms. The third kappa shape index (κ3) is 3.70. The second-order valence-corrected chi connectivity index (χ2v) is 8.11. The maximum Gasteiger partial charge on any atom is 0.316 e. The lowest BCUT2D eigenvalue weighted by Gasteiger charge is -2.30. The molecule has 2 aromatic heterocycles. The molecule has 10 heteroatoms. The number of hydrogen-bond donors (Lipinski definition) is 0. The molecule has 0 unspecified atom stereocenters. The zero-order chi connectivity index (χ0) is 16.4. The Morgan fingerprint density at radius 3 is 2.70 bits per heavy atom. The van der Waals surface area contributed by atoms with Gasteiger partial charge in [-0.05, 0) is 28.8 Å². The lowest BCUT2D eigenvalue weighted by atomic mass is 10.1. The van der Waals surface area contributed by atoms with Crippen molar-refractivity contribution in [2.45, 2.75) is 24.0 Å². The van der Waals surface area contributed by atoms with Crippen LogP contribution in [0.15, 0.2) is 34.4 Å². The summed E-state index contributed by atoms with van der Waals surface area (Å²) >= 11 is 3.26. The Hall–Kier alpha value is -1.52. The molecular formula is C13H16BrN5O3S. The Bertz CT molecular complexity index is 777. The zero-order valence-corrected chi connectivity index (χ0v) is 14.9. The van der Waals surface area contributed by atoms with E-state index in [1.807, 2.05) is 0 Å². The number of nitrogens with zero attached hydrogens (tertiary/aromatic N) is 5. The number of ether oxygens (including phenoxy) is 1. The van der Waals surface area contributed by atoms with Gasteiger partial charge in [0.1, 0.15) is 6.10 Å². The summed E-state index contributed by atoms with van der Waals surface area (Å²) in [4.78, 5) is 12.1. The van der Waals surface area contributed by atoms with Crippen molar-refractivity contribution in [3.05, 3.63) is 29.4 Å². The summed E-state index contributed by atoms with van der Waals surface area (Å²) in [7, 11) is -1.86. The molecule has 23 heavy (non-hydrogen) atoms. The second-order valence-electron chi connectivity index (χ2n) is 5.31. The molecule has 2 aromatic rings. The van der Waals surface area contributed by atoms with Gasteiger partial charge in [0.05, 0.1) is 17.3 Å². The molecule has 0 amide bonds. The third-order valence-electron chi connectivity index (χ3n) is 3.49. The summed E-state index contributed by atoms with van der Waals surface area (Å²) in [6, 6.07) is 0.246. The Balaban J connectivity index is 1.71. The Morgan fingerprint density at radius 2 is 2.04 bits per heavy atom. The van der Waals surface area contributed by atoms with Crippen LogP contribution >= 0.6 is 15.9 Å². The number of aryl methyl sites for hydroxylation is 1. The predicted octanol–water partition coefficient (Wildman–Crippen LogP) is 1.20. The van der Waals surface area contributed by atoms with Crippen molar-refractivity contribution in [3.63, 3.8) is 0 Å². The Morgan fingerprint density at radius 1 is 1.30 bits per heavy atom. The maximum atomic E-state index is 12.6. The quantitative estimate of drug-likeness (QED) is 0.764. The molecule has 0 N–H and O–H groups in total. The minimum Gasteiger partial charge on any atom is -0.459 e. The summed E-state index contributed by atoms with van der Waals surface area (Å²) < 4.78 is 34.7. The van der Waals surface area contributed by atoms with E-state index in [4.69, 9.17) is 4.74 Å². The van der Waals surface area contributed by atoms with E-state index in [-0.39, 0.29) is 23.7 Å². The van der Waals surface area contributed by atoms with Crippen LogP contribution in [-0.4, -0.2) is 51.4 Å². The van der Waals surface area contributed by atoms with Crippen LogP contribution in [0.25, 0.3) is 0 Å².